The van der Waals surface area contributed by atoms with Crippen molar-refractivity contribution in [3.63, 3.8) is 0 Å². The Morgan fingerprint density at radius 2 is 1.35 bits per heavy atom. The van der Waals surface area contributed by atoms with E-state index in [1.807, 2.05) is 0 Å². The molecule has 0 saturated carbocycles. The first-order valence-corrected chi connectivity index (χ1v) is 12.4. The van der Waals surface area contributed by atoms with Gasteiger partial charge in [-0.15, -0.1) is 0 Å². The van der Waals surface area contributed by atoms with Gasteiger partial charge < -0.3 is 48.8 Å². The van der Waals surface area contributed by atoms with E-state index < -0.39 is 30.0 Å². The predicted molar refractivity (Wildman–Crippen MR) is 141 cm³/mol. The first-order valence-electron chi connectivity index (χ1n) is 12.4. The molecule has 1 aliphatic rings. The fourth-order valence-electron chi connectivity index (χ4n) is 4.83. The summed E-state index contributed by atoms with van der Waals surface area (Å²) >= 11 is 0. The minimum Gasteiger partial charge on any atom is -0.508 e. The van der Waals surface area contributed by atoms with Crippen molar-refractivity contribution in [1.82, 2.24) is 0 Å². The molecule has 4 atom stereocenters. The predicted octanol–water partition coefficient (Wildman–Crippen LogP) is 3.73. The van der Waals surface area contributed by atoms with Crippen LogP contribution in [0.25, 0.3) is 0 Å². The summed E-state index contributed by atoms with van der Waals surface area (Å²) < 4.78 is 32.9. The first kappa shape index (κ1) is 28.7. The van der Waals surface area contributed by atoms with E-state index in [4.69, 9.17) is 28.4 Å². The molecule has 0 aromatic heterocycles. The zero-order chi connectivity index (χ0) is 29.0. The number of rotatable bonds is 10. The van der Waals surface area contributed by atoms with Gasteiger partial charge in [-0.1, -0.05) is 0 Å². The van der Waals surface area contributed by atoms with Crippen LogP contribution >= 0.6 is 0 Å². The molecular weight excluding hydrogens is 524 g/mol. The van der Waals surface area contributed by atoms with Crippen molar-refractivity contribution < 1.29 is 53.6 Å². The normalized spacial score (nSPS) is 19.1. The number of phenolic OH excluding ortho intramolecular Hbond substituents is 3. The summed E-state index contributed by atoms with van der Waals surface area (Å²) in [5.41, 5.74) is 1.22. The second-order valence-electron chi connectivity index (χ2n) is 9.22. The lowest BCUT2D eigenvalue weighted by Gasteiger charge is -2.27. The lowest BCUT2D eigenvalue weighted by molar-refractivity contribution is 0.0210. The monoisotopic (exact) mass is 556 g/mol. The molecular formula is C29H32O11. The third-order valence-corrected chi connectivity index (χ3v) is 7.00. The van der Waals surface area contributed by atoms with E-state index in [0.29, 0.717) is 11.1 Å². The third-order valence-electron chi connectivity index (χ3n) is 7.00. The van der Waals surface area contributed by atoms with Gasteiger partial charge in [0.2, 0.25) is 11.5 Å². The number of phenols is 3. The van der Waals surface area contributed by atoms with Gasteiger partial charge in [0.15, 0.2) is 23.0 Å². The molecule has 11 heteroatoms. The van der Waals surface area contributed by atoms with Crippen molar-refractivity contribution in [1.29, 1.82) is 0 Å². The number of ether oxygens (including phenoxy) is 6. The van der Waals surface area contributed by atoms with Crippen molar-refractivity contribution in [3.05, 3.63) is 65.2 Å². The standard InChI is InChI=1S/C29H32O11/c1-35-21-9-16(10-22(36-2)26(21)32)25(31)19-13-39-28(17-11-23(37-3)27(33)24(12-17)38-4)20(19)14-40-29(34)15-5-7-18(30)8-6-15/h5-12,19-20,25,28,30-33H,13-14H2,1-4H3. The molecule has 1 heterocycles. The van der Waals surface area contributed by atoms with Gasteiger partial charge in [0.1, 0.15) is 5.75 Å². The molecule has 11 nitrogen and oxygen atoms in total. The molecule has 3 aromatic carbocycles. The number of hydrogen-bond donors (Lipinski definition) is 4. The zero-order valence-electron chi connectivity index (χ0n) is 22.5. The Balaban J connectivity index is 1.69. The lowest BCUT2D eigenvalue weighted by Crippen LogP contribution is -2.27. The van der Waals surface area contributed by atoms with E-state index in [-0.39, 0.29) is 59.0 Å². The van der Waals surface area contributed by atoms with Crippen molar-refractivity contribution >= 4 is 5.97 Å². The Morgan fingerprint density at radius 3 is 1.85 bits per heavy atom. The second-order valence-corrected chi connectivity index (χ2v) is 9.22. The van der Waals surface area contributed by atoms with Gasteiger partial charge in [-0.05, 0) is 59.7 Å². The van der Waals surface area contributed by atoms with Gasteiger partial charge in [-0.25, -0.2) is 4.79 Å². The van der Waals surface area contributed by atoms with Crippen molar-refractivity contribution in [2.45, 2.75) is 12.2 Å². The van der Waals surface area contributed by atoms with Crippen LogP contribution in [0.5, 0.6) is 40.2 Å². The average Bonchev–Trinajstić information content (AvgIpc) is 3.40. The van der Waals surface area contributed by atoms with Gasteiger partial charge in [0, 0.05) is 11.8 Å². The molecule has 4 N–H and O–H groups in total. The number of benzene rings is 3. The van der Waals surface area contributed by atoms with Crippen LogP contribution in [0.1, 0.15) is 33.7 Å². The minimum atomic E-state index is -1.13. The summed E-state index contributed by atoms with van der Waals surface area (Å²) in [5, 5.41) is 41.8. The summed E-state index contributed by atoms with van der Waals surface area (Å²) in [6, 6.07) is 11.8. The molecule has 1 saturated heterocycles. The largest absolute Gasteiger partial charge is 0.508 e. The number of carbonyl (C=O) groups is 1. The van der Waals surface area contributed by atoms with Crippen molar-refractivity contribution in [2.24, 2.45) is 11.8 Å². The summed E-state index contributed by atoms with van der Waals surface area (Å²) in [7, 11) is 5.58. The molecule has 0 aliphatic carbocycles. The molecule has 3 aromatic rings. The van der Waals surface area contributed by atoms with Crippen LogP contribution in [0.15, 0.2) is 48.5 Å². The van der Waals surface area contributed by atoms with Crippen LogP contribution < -0.4 is 18.9 Å². The summed E-state index contributed by atoms with van der Waals surface area (Å²) in [4.78, 5) is 12.8. The number of aliphatic hydroxyl groups excluding tert-OH is 1. The summed E-state index contributed by atoms with van der Waals surface area (Å²) in [5.74, 6) is -1.58. The lowest BCUT2D eigenvalue weighted by atomic mass is 9.82. The Bertz CT molecular complexity index is 1290. The van der Waals surface area contributed by atoms with Crippen LogP contribution in [-0.4, -0.2) is 68.0 Å². The number of aliphatic hydroxyl groups is 1. The third kappa shape index (κ3) is 5.65. The van der Waals surface area contributed by atoms with Crippen LogP contribution in [0, 0.1) is 11.8 Å². The fourth-order valence-corrected chi connectivity index (χ4v) is 4.83. The maximum absolute atomic E-state index is 12.8. The van der Waals surface area contributed by atoms with Gasteiger partial charge in [0.25, 0.3) is 0 Å². The highest BCUT2D eigenvalue weighted by Gasteiger charge is 2.44. The SMILES string of the molecule is COc1cc(C(O)C2COC(c3cc(OC)c(O)c(OC)c3)C2COC(=O)c2ccc(O)cc2)cc(OC)c1O. The number of carbonyl (C=O) groups excluding carboxylic acids is 1. The molecule has 0 radical (unpaired) electrons. The van der Waals surface area contributed by atoms with E-state index in [0.717, 1.165) is 0 Å². The Labute approximate surface area is 231 Å². The Hall–Kier alpha value is -4.35. The average molecular weight is 557 g/mol. The Kier molecular flexibility index (Phi) is 8.76. The van der Waals surface area contributed by atoms with E-state index >= 15 is 0 Å². The maximum Gasteiger partial charge on any atom is 0.338 e. The highest BCUT2D eigenvalue weighted by molar-refractivity contribution is 5.89. The molecule has 40 heavy (non-hydrogen) atoms. The van der Waals surface area contributed by atoms with E-state index in [2.05, 4.69) is 0 Å². The van der Waals surface area contributed by atoms with E-state index in [1.54, 1.807) is 12.1 Å². The smallest absolute Gasteiger partial charge is 0.338 e. The topological polar surface area (TPSA) is 153 Å². The van der Waals surface area contributed by atoms with Gasteiger partial charge in [0.05, 0.1) is 59.4 Å². The molecule has 4 rings (SSSR count). The second kappa shape index (κ2) is 12.2. The molecule has 0 amide bonds. The van der Waals surface area contributed by atoms with E-state index in [1.165, 1.54) is 64.8 Å². The molecule has 0 bridgehead atoms. The van der Waals surface area contributed by atoms with Crippen LogP contribution in [0.4, 0.5) is 0 Å². The highest BCUT2D eigenvalue weighted by Crippen LogP contribution is 2.49. The summed E-state index contributed by atoms with van der Waals surface area (Å²) in [6.07, 6.45) is -1.82. The van der Waals surface area contributed by atoms with E-state index in [9.17, 15) is 25.2 Å². The van der Waals surface area contributed by atoms with Crippen LogP contribution in [-0.2, 0) is 9.47 Å². The molecule has 0 spiro atoms. The van der Waals surface area contributed by atoms with Gasteiger partial charge in [-0.3, -0.25) is 0 Å². The van der Waals surface area contributed by atoms with Crippen LogP contribution in [0.3, 0.4) is 0 Å². The molecule has 1 fully saturated rings. The first-order chi connectivity index (χ1) is 19.2. The molecule has 1 aliphatic heterocycles. The maximum atomic E-state index is 12.8. The van der Waals surface area contributed by atoms with Crippen LogP contribution in [0.2, 0.25) is 0 Å². The zero-order valence-corrected chi connectivity index (χ0v) is 22.5. The number of methoxy groups -OCH3 is 4. The quantitative estimate of drug-likeness (QED) is 0.270. The van der Waals surface area contributed by atoms with Gasteiger partial charge in [-0.2, -0.15) is 0 Å². The molecule has 4 unspecified atom stereocenters. The Morgan fingerprint density at radius 1 is 0.850 bits per heavy atom. The molecule has 214 valence electrons. The number of aromatic hydroxyl groups is 3. The number of hydrogen-bond acceptors (Lipinski definition) is 11. The highest BCUT2D eigenvalue weighted by atomic mass is 16.5. The van der Waals surface area contributed by atoms with Crippen molar-refractivity contribution in [3.8, 4) is 40.2 Å². The fraction of sp³-hybridized carbons (Fsp3) is 0.345. The van der Waals surface area contributed by atoms with Gasteiger partial charge >= 0.3 is 5.97 Å². The summed E-state index contributed by atoms with van der Waals surface area (Å²) in [6.45, 7) is -0.0474. The minimum absolute atomic E-state index is 0.0129. The van der Waals surface area contributed by atoms with Crippen molar-refractivity contribution in [2.75, 3.05) is 41.7 Å². The number of esters is 1.